The Bertz CT molecular complexity index is 1320. The summed E-state index contributed by atoms with van der Waals surface area (Å²) < 4.78 is 41.3. The van der Waals surface area contributed by atoms with Gasteiger partial charge in [-0.25, -0.2) is 18.2 Å². The summed E-state index contributed by atoms with van der Waals surface area (Å²) in [4.78, 5) is 34.3. The number of hydrogen-bond acceptors (Lipinski definition) is 4. The highest BCUT2D eigenvalue weighted by atomic mass is 19.2. The molecular formula is C24H20F3N3O3. The number of H-pyrrole nitrogens is 1. The summed E-state index contributed by atoms with van der Waals surface area (Å²) in [5.41, 5.74) is 0.153. The molecular weight excluding hydrogens is 435 g/mol. The molecule has 5 rings (SSSR count). The third-order valence-corrected chi connectivity index (χ3v) is 6.47. The Morgan fingerprint density at radius 3 is 2.64 bits per heavy atom. The Balaban J connectivity index is 1.41. The highest BCUT2D eigenvalue weighted by Crippen LogP contribution is 2.52. The maximum atomic E-state index is 14.0. The monoisotopic (exact) mass is 455 g/mol. The molecule has 1 amide bonds. The van der Waals surface area contributed by atoms with Gasteiger partial charge >= 0.3 is 0 Å². The molecule has 0 bridgehead atoms. The van der Waals surface area contributed by atoms with Gasteiger partial charge in [0.1, 0.15) is 11.6 Å². The zero-order valence-corrected chi connectivity index (χ0v) is 17.4. The first-order valence-electron chi connectivity index (χ1n) is 10.6. The lowest BCUT2D eigenvalue weighted by molar-refractivity contribution is -0.141. The molecule has 0 radical (unpaired) electrons. The number of amides is 1. The van der Waals surface area contributed by atoms with Crippen LogP contribution in [0, 0.1) is 17.5 Å². The van der Waals surface area contributed by atoms with Crippen LogP contribution in [0.2, 0.25) is 0 Å². The number of benzene rings is 2. The predicted molar refractivity (Wildman–Crippen MR) is 112 cm³/mol. The first kappa shape index (κ1) is 21.4. The number of carbonyl (C=O) groups is 1. The summed E-state index contributed by atoms with van der Waals surface area (Å²) in [7, 11) is 0. The van der Waals surface area contributed by atoms with E-state index in [-0.39, 0.29) is 30.9 Å². The first-order chi connectivity index (χ1) is 15.8. The van der Waals surface area contributed by atoms with Crippen molar-refractivity contribution in [2.45, 2.75) is 37.3 Å². The van der Waals surface area contributed by atoms with Crippen LogP contribution in [0.4, 0.5) is 13.2 Å². The molecule has 33 heavy (non-hydrogen) atoms. The van der Waals surface area contributed by atoms with Crippen molar-refractivity contribution >= 4 is 5.91 Å². The number of hydrogen-bond donors (Lipinski definition) is 2. The number of nitrogens with one attached hydrogen (secondary N) is 1. The van der Waals surface area contributed by atoms with Crippen molar-refractivity contribution in [2.75, 3.05) is 6.54 Å². The second-order valence-electron chi connectivity index (χ2n) is 8.49. The molecule has 2 aliphatic rings. The van der Waals surface area contributed by atoms with E-state index in [1.165, 1.54) is 23.1 Å². The van der Waals surface area contributed by atoms with Crippen LogP contribution in [0.1, 0.15) is 47.2 Å². The minimum absolute atomic E-state index is 0.113. The van der Waals surface area contributed by atoms with Crippen molar-refractivity contribution in [1.29, 1.82) is 0 Å². The molecule has 170 valence electrons. The molecule has 9 heteroatoms. The van der Waals surface area contributed by atoms with Gasteiger partial charge in [0.15, 0.2) is 17.7 Å². The lowest BCUT2D eigenvalue weighted by Gasteiger charge is -2.30. The number of aliphatic hydroxyl groups is 1. The highest BCUT2D eigenvalue weighted by molar-refractivity contribution is 5.82. The van der Waals surface area contributed by atoms with Crippen molar-refractivity contribution in [2.24, 2.45) is 0 Å². The molecule has 1 aromatic heterocycles. The molecule has 2 aromatic carbocycles. The van der Waals surface area contributed by atoms with Crippen LogP contribution in [0.15, 0.2) is 47.3 Å². The van der Waals surface area contributed by atoms with Gasteiger partial charge in [0, 0.05) is 18.5 Å². The Hall–Kier alpha value is -3.46. The third-order valence-electron chi connectivity index (χ3n) is 6.47. The molecule has 6 nitrogen and oxygen atoms in total. The van der Waals surface area contributed by atoms with Gasteiger partial charge in [0.25, 0.3) is 11.5 Å². The maximum absolute atomic E-state index is 14.0. The molecule has 1 aliphatic heterocycles. The van der Waals surface area contributed by atoms with Crippen LogP contribution < -0.4 is 5.56 Å². The summed E-state index contributed by atoms with van der Waals surface area (Å²) in [6, 6.07) is 9.48. The molecule has 2 N–H and O–H groups in total. The van der Waals surface area contributed by atoms with Gasteiger partial charge in [-0.1, -0.05) is 24.3 Å². The van der Waals surface area contributed by atoms with Gasteiger partial charge in [0.05, 0.1) is 23.2 Å². The smallest absolute Gasteiger partial charge is 0.256 e. The quantitative estimate of drug-likeness (QED) is 0.634. The number of nitrogens with zero attached hydrogens (tertiary/aromatic N) is 2. The second kappa shape index (κ2) is 7.84. The van der Waals surface area contributed by atoms with E-state index in [1.807, 2.05) is 6.07 Å². The average molecular weight is 455 g/mol. The molecule has 0 spiro atoms. The van der Waals surface area contributed by atoms with E-state index in [0.717, 1.165) is 30.5 Å². The Morgan fingerprint density at radius 2 is 1.91 bits per heavy atom. The number of halogens is 3. The van der Waals surface area contributed by atoms with Crippen molar-refractivity contribution < 1.29 is 23.1 Å². The minimum atomic E-state index is -1.89. The van der Waals surface area contributed by atoms with Crippen molar-refractivity contribution in [3.05, 3.63) is 98.5 Å². The summed E-state index contributed by atoms with van der Waals surface area (Å²) in [6.07, 6.45) is -0.172. The molecule has 3 aromatic rings. The van der Waals surface area contributed by atoms with Gasteiger partial charge in [0.2, 0.25) is 0 Å². The van der Waals surface area contributed by atoms with Gasteiger partial charge < -0.3 is 15.0 Å². The van der Waals surface area contributed by atoms with Gasteiger partial charge in [-0.3, -0.25) is 9.59 Å². The van der Waals surface area contributed by atoms with Crippen molar-refractivity contribution in [3.8, 4) is 0 Å². The van der Waals surface area contributed by atoms with Gasteiger partial charge in [-0.05, 0) is 36.6 Å². The number of rotatable bonds is 4. The van der Waals surface area contributed by atoms with E-state index in [2.05, 4.69) is 9.97 Å². The maximum Gasteiger partial charge on any atom is 0.256 e. The lowest BCUT2D eigenvalue weighted by Crippen LogP contribution is -2.42. The molecule has 1 fully saturated rings. The minimum Gasteiger partial charge on any atom is -0.378 e. The molecule has 0 saturated heterocycles. The van der Waals surface area contributed by atoms with E-state index >= 15 is 0 Å². The number of aromatic nitrogens is 2. The zero-order valence-electron chi connectivity index (χ0n) is 17.4. The van der Waals surface area contributed by atoms with Crippen molar-refractivity contribution in [1.82, 2.24) is 14.9 Å². The zero-order chi connectivity index (χ0) is 23.3. The van der Waals surface area contributed by atoms with Crippen LogP contribution >= 0.6 is 0 Å². The largest absolute Gasteiger partial charge is 0.378 e. The number of fused-ring (bicyclic) bond motifs is 1. The Morgan fingerprint density at radius 1 is 1.15 bits per heavy atom. The van der Waals surface area contributed by atoms with Crippen LogP contribution in [-0.4, -0.2) is 32.4 Å². The van der Waals surface area contributed by atoms with Crippen LogP contribution in [-0.2, 0) is 23.2 Å². The lowest BCUT2D eigenvalue weighted by atomic mass is 9.94. The summed E-state index contributed by atoms with van der Waals surface area (Å²) in [5.74, 6) is -3.16. The predicted octanol–water partition coefficient (Wildman–Crippen LogP) is 2.89. The van der Waals surface area contributed by atoms with E-state index in [1.54, 1.807) is 6.07 Å². The molecule has 1 saturated carbocycles. The van der Waals surface area contributed by atoms with E-state index in [9.17, 15) is 27.9 Å². The topological polar surface area (TPSA) is 86.3 Å². The number of aliphatic hydroxyl groups excluding tert-OH is 1. The molecule has 1 aliphatic carbocycles. The number of aromatic amines is 1. The standard InChI is InChI=1S/C24H20F3N3O3/c25-14-4-1-3-13(11-14)24(8-9-24)23-28-18-7-10-30(12-16(18)21(32)29-23)22(33)20(31)15-5-2-6-17(26)19(15)27/h1-6,11,20,31H,7-10,12H2,(H,28,29,32)/t20-/m1/s1. The third kappa shape index (κ3) is 3.62. The van der Waals surface area contributed by atoms with E-state index in [4.69, 9.17) is 0 Å². The molecule has 1 atom stereocenters. The number of carbonyl (C=O) groups excluding carboxylic acids is 1. The van der Waals surface area contributed by atoms with Crippen molar-refractivity contribution in [3.63, 3.8) is 0 Å². The van der Waals surface area contributed by atoms with Crippen LogP contribution in [0.25, 0.3) is 0 Å². The summed E-state index contributed by atoms with van der Waals surface area (Å²) >= 11 is 0. The summed E-state index contributed by atoms with van der Waals surface area (Å²) in [5, 5.41) is 10.3. The van der Waals surface area contributed by atoms with Gasteiger partial charge in [-0.2, -0.15) is 0 Å². The Labute approximate surface area is 186 Å². The van der Waals surface area contributed by atoms with E-state index in [0.29, 0.717) is 11.5 Å². The molecule has 0 unspecified atom stereocenters. The summed E-state index contributed by atoms with van der Waals surface area (Å²) in [6.45, 7) is 0.0421. The van der Waals surface area contributed by atoms with E-state index < -0.39 is 40.2 Å². The first-order valence-corrected chi connectivity index (χ1v) is 10.6. The fourth-order valence-electron chi connectivity index (χ4n) is 4.45. The SMILES string of the molecule is O=C([C@H](O)c1cccc(F)c1F)N1CCc2nc(C3(c4cccc(F)c4)CC3)[nH]c(=O)c2C1. The highest BCUT2D eigenvalue weighted by Gasteiger charge is 2.49. The van der Waals surface area contributed by atoms with Gasteiger partial charge in [-0.15, -0.1) is 0 Å². The van der Waals surface area contributed by atoms with Crippen LogP contribution in [0.5, 0.6) is 0 Å². The fraction of sp³-hybridized carbons (Fsp3) is 0.292. The second-order valence-corrected chi connectivity index (χ2v) is 8.49. The average Bonchev–Trinajstić information content (AvgIpc) is 3.62. The fourth-order valence-corrected chi connectivity index (χ4v) is 4.45. The Kier molecular flexibility index (Phi) is 5.08. The molecule has 2 heterocycles. The normalized spacial score (nSPS) is 17.4. The van der Waals surface area contributed by atoms with Crippen LogP contribution in [0.3, 0.4) is 0 Å².